The number of nitrogens with one attached hydrogen (secondary N) is 1. The molecule has 3 N–H and O–H groups in total. The fourth-order valence-electron chi connectivity index (χ4n) is 2.55. The molecule has 0 spiro atoms. The number of carbonyl (C=O) groups excluding carboxylic acids is 1. The number of amides is 1. The van der Waals surface area contributed by atoms with Gasteiger partial charge >= 0.3 is 0 Å². The van der Waals surface area contributed by atoms with Gasteiger partial charge in [0, 0.05) is 18.0 Å². The number of hydrogen-bond acceptors (Lipinski definition) is 2. The lowest BCUT2D eigenvalue weighted by molar-refractivity contribution is -0.124. The van der Waals surface area contributed by atoms with E-state index in [1.165, 1.54) is 6.42 Å². The van der Waals surface area contributed by atoms with Crippen LogP contribution in [0.3, 0.4) is 0 Å². The first kappa shape index (κ1) is 13.5. The van der Waals surface area contributed by atoms with Crippen molar-refractivity contribution in [2.24, 2.45) is 11.7 Å². The summed E-state index contributed by atoms with van der Waals surface area (Å²) in [6, 6.07) is 0.270. The average Bonchev–Trinajstić information content (AvgIpc) is 2.16. The molecule has 0 bridgehead atoms. The first-order chi connectivity index (χ1) is 7.50. The van der Waals surface area contributed by atoms with Crippen molar-refractivity contribution >= 4 is 5.91 Å². The second-order valence-corrected chi connectivity index (χ2v) is 5.33. The Morgan fingerprint density at radius 3 is 2.31 bits per heavy atom. The molecule has 1 atom stereocenters. The fraction of sp³-hybridized carbons (Fsp3) is 0.923. The van der Waals surface area contributed by atoms with E-state index in [1.54, 1.807) is 0 Å². The third-order valence-electron chi connectivity index (χ3n) is 4.01. The molecular weight excluding hydrogens is 200 g/mol. The molecule has 1 aliphatic carbocycles. The maximum absolute atomic E-state index is 11.8. The van der Waals surface area contributed by atoms with Gasteiger partial charge in [0.15, 0.2) is 0 Å². The monoisotopic (exact) mass is 226 g/mol. The van der Waals surface area contributed by atoms with Crippen molar-refractivity contribution in [2.45, 2.75) is 70.9 Å². The molecule has 1 amide bonds. The van der Waals surface area contributed by atoms with Crippen molar-refractivity contribution in [2.75, 3.05) is 0 Å². The smallest absolute Gasteiger partial charge is 0.222 e. The van der Waals surface area contributed by atoms with E-state index in [0.717, 1.165) is 25.7 Å². The predicted molar refractivity (Wildman–Crippen MR) is 67.1 cm³/mol. The normalized spacial score (nSPS) is 20.3. The van der Waals surface area contributed by atoms with Gasteiger partial charge < -0.3 is 11.1 Å². The van der Waals surface area contributed by atoms with Gasteiger partial charge in [-0.05, 0) is 32.1 Å². The second kappa shape index (κ2) is 5.67. The summed E-state index contributed by atoms with van der Waals surface area (Å²) in [5.41, 5.74) is 5.86. The number of carbonyl (C=O) groups is 1. The second-order valence-electron chi connectivity index (χ2n) is 5.33. The Kier molecular flexibility index (Phi) is 4.78. The Morgan fingerprint density at radius 2 is 1.94 bits per heavy atom. The van der Waals surface area contributed by atoms with E-state index < -0.39 is 0 Å². The SMILES string of the molecule is CCC(CC)C(C)NC(=O)CC1(N)CCC1. The molecule has 1 saturated carbocycles. The van der Waals surface area contributed by atoms with Gasteiger partial charge in [0.2, 0.25) is 5.91 Å². The summed E-state index contributed by atoms with van der Waals surface area (Å²) in [6.07, 6.45) is 5.90. The van der Waals surface area contributed by atoms with E-state index >= 15 is 0 Å². The Labute approximate surface area is 99.2 Å². The van der Waals surface area contributed by atoms with Gasteiger partial charge in [-0.25, -0.2) is 0 Å². The number of rotatable bonds is 6. The molecule has 94 valence electrons. The largest absolute Gasteiger partial charge is 0.353 e. The molecule has 1 fully saturated rings. The van der Waals surface area contributed by atoms with E-state index in [9.17, 15) is 4.79 Å². The van der Waals surface area contributed by atoms with Crippen LogP contribution in [0.25, 0.3) is 0 Å². The topological polar surface area (TPSA) is 55.1 Å². The van der Waals surface area contributed by atoms with Crippen molar-refractivity contribution in [3.05, 3.63) is 0 Å². The molecule has 0 saturated heterocycles. The minimum absolute atomic E-state index is 0.126. The Hall–Kier alpha value is -0.570. The third kappa shape index (κ3) is 3.48. The highest BCUT2D eigenvalue weighted by molar-refractivity contribution is 5.77. The summed E-state index contributed by atoms with van der Waals surface area (Å²) in [4.78, 5) is 11.8. The van der Waals surface area contributed by atoms with Crippen LogP contribution >= 0.6 is 0 Å². The molecular formula is C13H26N2O. The van der Waals surface area contributed by atoms with E-state index in [1.807, 2.05) is 0 Å². The maximum Gasteiger partial charge on any atom is 0.222 e. The Bertz CT molecular complexity index is 232. The van der Waals surface area contributed by atoms with E-state index in [2.05, 4.69) is 26.1 Å². The lowest BCUT2D eigenvalue weighted by Gasteiger charge is -2.38. The number of nitrogens with two attached hydrogens (primary N) is 1. The molecule has 0 heterocycles. The summed E-state index contributed by atoms with van der Waals surface area (Å²) >= 11 is 0. The molecule has 1 rings (SSSR count). The summed E-state index contributed by atoms with van der Waals surface area (Å²) in [5.74, 6) is 0.709. The summed E-state index contributed by atoms with van der Waals surface area (Å²) in [6.45, 7) is 6.44. The van der Waals surface area contributed by atoms with Crippen LogP contribution in [0.1, 0.15) is 59.3 Å². The van der Waals surface area contributed by atoms with Gasteiger partial charge in [0.25, 0.3) is 0 Å². The van der Waals surface area contributed by atoms with Crippen LogP contribution in [0.5, 0.6) is 0 Å². The van der Waals surface area contributed by atoms with Gasteiger partial charge in [0.1, 0.15) is 0 Å². The van der Waals surface area contributed by atoms with Gasteiger partial charge in [-0.3, -0.25) is 4.79 Å². The maximum atomic E-state index is 11.8. The summed E-state index contributed by atoms with van der Waals surface area (Å²) < 4.78 is 0. The van der Waals surface area contributed by atoms with Gasteiger partial charge in [0.05, 0.1) is 0 Å². The van der Waals surface area contributed by atoms with Crippen molar-refractivity contribution in [3.63, 3.8) is 0 Å². The first-order valence-electron chi connectivity index (χ1n) is 6.59. The third-order valence-corrected chi connectivity index (χ3v) is 4.01. The Morgan fingerprint density at radius 1 is 1.38 bits per heavy atom. The van der Waals surface area contributed by atoms with Crippen LogP contribution < -0.4 is 11.1 Å². The molecule has 0 radical (unpaired) electrons. The van der Waals surface area contributed by atoms with E-state index in [0.29, 0.717) is 12.3 Å². The first-order valence-corrected chi connectivity index (χ1v) is 6.59. The summed E-state index contributed by atoms with van der Waals surface area (Å²) in [7, 11) is 0. The highest BCUT2D eigenvalue weighted by Crippen LogP contribution is 2.32. The Balaban J connectivity index is 2.32. The number of hydrogen-bond donors (Lipinski definition) is 2. The van der Waals surface area contributed by atoms with Gasteiger partial charge in [-0.1, -0.05) is 26.7 Å². The minimum Gasteiger partial charge on any atom is -0.353 e. The molecule has 1 unspecified atom stereocenters. The fourth-order valence-corrected chi connectivity index (χ4v) is 2.55. The molecule has 0 aromatic carbocycles. The lowest BCUT2D eigenvalue weighted by atomic mass is 9.75. The van der Waals surface area contributed by atoms with E-state index in [4.69, 9.17) is 5.73 Å². The zero-order valence-corrected chi connectivity index (χ0v) is 10.9. The molecule has 3 nitrogen and oxygen atoms in total. The average molecular weight is 226 g/mol. The molecule has 3 heteroatoms. The van der Waals surface area contributed by atoms with Gasteiger partial charge in [-0.2, -0.15) is 0 Å². The van der Waals surface area contributed by atoms with Crippen LogP contribution in [0, 0.1) is 5.92 Å². The van der Waals surface area contributed by atoms with Crippen LogP contribution in [0.4, 0.5) is 0 Å². The molecule has 0 aromatic rings. The van der Waals surface area contributed by atoms with Crippen molar-refractivity contribution in [1.29, 1.82) is 0 Å². The highest BCUT2D eigenvalue weighted by Gasteiger charge is 2.35. The van der Waals surface area contributed by atoms with Crippen LogP contribution in [-0.2, 0) is 4.79 Å². The van der Waals surface area contributed by atoms with E-state index in [-0.39, 0.29) is 17.5 Å². The van der Waals surface area contributed by atoms with Crippen molar-refractivity contribution in [3.8, 4) is 0 Å². The van der Waals surface area contributed by atoms with Gasteiger partial charge in [-0.15, -0.1) is 0 Å². The zero-order valence-electron chi connectivity index (χ0n) is 10.9. The van der Waals surface area contributed by atoms with Crippen LogP contribution in [0.2, 0.25) is 0 Å². The summed E-state index contributed by atoms with van der Waals surface area (Å²) in [5, 5.41) is 3.09. The lowest BCUT2D eigenvalue weighted by Crippen LogP contribution is -2.51. The molecule has 0 aromatic heterocycles. The minimum atomic E-state index is -0.197. The van der Waals surface area contributed by atoms with Crippen LogP contribution in [-0.4, -0.2) is 17.5 Å². The van der Waals surface area contributed by atoms with Crippen molar-refractivity contribution in [1.82, 2.24) is 5.32 Å². The quantitative estimate of drug-likeness (QED) is 0.729. The predicted octanol–water partition coefficient (Wildman–Crippen LogP) is 2.20. The standard InChI is InChI=1S/C13H26N2O/c1-4-11(5-2)10(3)15-12(16)9-13(14)7-6-8-13/h10-11H,4-9,14H2,1-3H3,(H,15,16). The molecule has 1 aliphatic rings. The zero-order chi connectivity index (χ0) is 12.2. The van der Waals surface area contributed by atoms with Crippen LogP contribution in [0.15, 0.2) is 0 Å². The highest BCUT2D eigenvalue weighted by atomic mass is 16.1. The van der Waals surface area contributed by atoms with Crippen molar-refractivity contribution < 1.29 is 4.79 Å². The molecule has 0 aliphatic heterocycles. The molecule has 16 heavy (non-hydrogen) atoms.